The van der Waals surface area contributed by atoms with E-state index in [1.165, 1.54) is 19.3 Å². The molecule has 4 nitrogen and oxygen atoms in total. The summed E-state index contributed by atoms with van der Waals surface area (Å²) in [5.41, 5.74) is -0.308. The molecule has 108 valence electrons. The first-order chi connectivity index (χ1) is 9.52. The van der Waals surface area contributed by atoms with Crippen molar-refractivity contribution in [3.05, 3.63) is 0 Å². The normalized spacial score (nSPS) is 39.0. The van der Waals surface area contributed by atoms with Crippen LogP contribution in [0.2, 0.25) is 0 Å². The van der Waals surface area contributed by atoms with E-state index in [9.17, 15) is 9.59 Å². The van der Waals surface area contributed by atoms with E-state index >= 15 is 0 Å². The van der Waals surface area contributed by atoms with Gasteiger partial charge in [-0.15, -0.1) is 12.3 Å². The highest BCUT2D eigenvalue weighted by Crippen LogP contribution is 2.60. The van der Waals surface area contributed by atoms with Gasteiger partial charge in [-0.05, 0) is 56.3 Å². The molecular weight excluding hydrogens is 254 g/mol. The Kier molecular flexibility index (Phi) is 3.24. The fourth-order valence-corrected chi connectivity index (χ4v) is 5.02. The van der Waals surface area contributed by atoms with Gasteiger partial charge in [0.1, 0.15) is 6.04 Å². The first kappa shape index (κ1) is 13.5. The number of amides is 1. The van der Waals surface area contributed by atoms with Crippen molar-refractivity contribution in [2.45, 2.75) is 51.0 Å². The maximum atomic E-state index is 12.6. The summed E-state index contributed by atoms with van der Waals surface area (Å²) >= 11 is 0. The maximum absolute atomic E-state index is 12.6. The Balaban J connectivity index is 1.73. The number of aliphatic carboxylic acids is 1. The van der Waals surface area contributed by atoms with Gasteiger partial charge in [-0.25, -0.2) is 4.79 Å². The fraction of sp³-hybridized carbons (Fsp3) is 0.750. The number of carbonyl (C=O) groups excluding carboxylic acids is 1. The van der Waals surface area contributed by atoms with Gasteiger partial charge in [-0.2, -0.15) is 0 Å². The molecule has 4 aliphatic rings. The number of terminal acetylenes is 1. The van der Waals surface area contributed by atoms with Gasteiger partial charge in [0.15, 0.2) is 0 Å². The van der Waals surface area contributed by atoms with Crippen LogP contribution >= 0.6 is 0 Å². The third-order valence-electron chi connectivity index (χ3n) is 5.45. The molecule has 4 bridgehead atoms. The lowest BCUT2D eigenvalue weighted by Crippen LogP contribution is -2.56. The predicted octanol–water partition coefficient (Wildman–Crippen LogP) is 1.80. The highest BCUT2D eigenvalue weighted by atomic mass is 16.4. The summed E-state index contributed by atoms with van der Waals surface area (Å²) in [5, 5.41) is 11.8. The van der Waals surface area contributed by atoms with Crippen molar-refractivity contribution in [3.63, 3.8) is 0 Å². The molecule has 1 atom stereocenters. The lowest BCUT2D eigenvalue weighted by Gasteiger charge is -2.55. The van der Waals surface area contributed by atoms with E-state index in [1.807, 2.05) is 0 Å². The van der Waals surface area contributed by atoms with Gasteiger partial charge < -0.3 is 10.4 Å². The highest BCUT2D eigenvalue weighted by molar-refractivity contribution is 5.88. The Bertz CT molecular complexity index is 441. The first-order valence-corrected chi connectivity index (χ1v) is 7.49. The Hall–Kier alpha value is -1.50. The largest absolute Gasteiger partial charge is 0.480 e. The van der Waals surface area contributed by atoms with E-state index < -0.39 is 12.0 Å². The molecule has 4 saturated carbocycles. The van der Waals surface area contributed by atoms with Crippen LogP contribution in [0, 0.1) is 35.5 Å². The minimum atomic E-state index is -1.04. The number of nitrogens with one attached hydrogen (secondary N) is 1. The van der Waals surface area contributed by atoms with Crippen molar-refractivity contribution in [2.75, 3.05) is 0 Å². The van der Waals surface area contributed by atoms with Crippen LogP contribution in [-0.4, -0.2) is 23.0 Å². The van der Waals surface area contributed by atoms with E-state index in [0.29, 0.717) is 17.8 Å². The summed E-state index contributed by atoms with van der Waals surface area (Å²) in [6.45, 7) is 0. The minimum Gasteiger partial charge on any atom is -0.480 e. The predicted molar refractivity (Wildman–Crippen MR) is 73.6 cm³/mol. The van der Waals surface area contributed by atoms with Crippen molar-refractivity contribution < 1.29 is 14.7 Å². The van der Waals surface area contributed by atoms with Gasteiger partial charge in [0.25, 0.3) is 0 Å². The van der Waals surface area contributed by atoms with Crippen molar-refractivity contribution in [3.8, 4) is 12.3 Å². The van der Waals surface area contributed by atoms with E-state index in [1.54, 1.807) is 0 Å². The second-order valence-corrected chi connectivity index (χ2v) is 6.97. The second-order valence-electron chi connectivity index (χ2n) is 6.97. The van der Waals surface area contributed by atoms with Crippen LogP contribution in [0.5, 0.6) is 0 Å². The smallest absolute Gasteiger partial charge is 0.327 e. The van der Waals surface area contributed by atoms with Crippen LogP contribution in [0.1, 0.15) is 44.9 Å². The summed E-state index contributed by atoms with van der Waals surface area (Å²) < 4.78 is 0. The minimum absolute atomic E-state index is 0.0490. The van der Waals surface area contributed by atoms with Crippen LogP contribution in [0.15, 0.2) is 0 Å². The molecule has 0 radical (unpaired) electrons. The molecule has 4 aliphatic carbocycles. The quantitative estimate of drug-likeness (QED) is 0.769. The Labute approximate surface area is 119 Å². The zero-order chi connectivity index (χ0) is 14.3. The molecule has 4 rings (SSSR count). The standard InChI is InChI=1S/C16H21NO3/c1-2-3-13(14(18)19)17-15(20)16-7-10-4-11(8-16)6-12(5-10)9-16/h1,10-13H,3-9H2,(H,17,20)(H,18,19). The van der Waals surface area contributed by atoms with Gasteiger partial charge in [0.2, 0.25) is 5.91 Å². The number of rotatable bonds is 4. The van der Waals surface area contributed by atoms with E-state index in [-0.39, 0.29) is 17.7 Å². The van der Waals surface area contributed by atoms with E-state index in [2.05, 4.69) is 11.2 Å². The van der Waals surface area contributed by atoms with Crippen molar-refractivity contribution in [2.24, 2.45) is 23.2 Å². The summed E-state index contributed by atoms with van der Waals surface area (Å²) in [7, 11) is 0. The van der Waals surface area contributed by atoms with Crippen LogP contribution in [-0.2, 0) is 9.59 Å². The third kappa shape index (κ3) is 2.19. The van der Waals surface area contributed by atoms with Crippen molar-refractivity contribution in [1.29, 1.82) is 0 Å². The second kappa shape index (κ2) is 4.80. The van der Waals surface area contributed by atoms with Crippen LogP contribution in [0.3, 0.4) is 0 Å². The van der Waals surface area contributed by atoms with Gasteiger partial charge in [0.05, 0.1) is 0 Å². The van der Waals surface area contributed by atoms with Gasteiger partial charge in [0, 0.05) is 11.8 Å². The average Bonchev–Trinajstić information content (AvgIpc) is 2.36. The molecule has 4 heteroatoms. The summed E-state index contributed by atoms with van der Waals surface area (Å²) in [5.74, 6) is 3.23. The van der Waals surface area contributed by atoms with Crippen molar-refractivity contribution in [1.82, 2.24) is 5.32 Å². The molecule has 0 aromatic heterocycles. The average molecular weight is 275 g/mol. The summed E-state index contributed by atoms with van der Waals surface area (Å²) in [6, 6.07) is -0.944. The molecule has 0 heterocycles. The van der Waals surface area contributed by atoms with E-state index in [4.69, 9.17) is 11.5 Å². The first-order valence-electron chi connectivity index (χ1n) is 7.49. The fourth-order valence-electron chi connectivity index (χ4n) is 5.02. The molecule has 2 N–H and O–H groups in total. The topological polar surface area (TPSA) is 66.4 Å². The molecule has 0 spiro atoms. The van der Waals surface area contributed by atoms with Gasteiger partial charge in [-0.1, -0.05) is 0 Å². The van der Waals surface area contributed by atoms with Crippen LogP contribution < -0.4 is 5.32 Å². The molecule has 1 unspecified atom stereocenters. The number of hydrogen-bond donors (Lipinski definition) is 2. The highest BCUT2D eigenvalue weighted by Gasteiger charge is 2.54. The molecular formula is C16H21NO3. The van der Waals surface area contributed by atoms with Gasteiger partial charge >= 0.3 is 5.97 Å². The maximum Gasteiger partial charge on any atom is 0.327 e. The third-order valence-corrected chi connectivity index (χ3v) is 5.45. The Morgan fingerprint density at radius 1 is 1.20 bits per heavy atom. The molecule has 0 aromatic rings. The number of carboxylic acids is 1. The number of carbonyl (C=O) groups is 2. The van der Waals surface area contributed by atoms with Crippen LogP contribution in [0.25, 0.3) is 0 Å². The number of hydrogen-bond acceptors (Lipinski definition) is 2. The molecule has 1 amide bonds. The molecule has 4 fully saturated rings. The summed E-state index contributed by atoms with van der Waals surface area (Å²) in [6.07, 6.45) is 11.8. The molecule has 0 aromatic carbocycles. The number of carboxylic acid groups (broad SMARTS) is 1. The van der Waals surface area contributed by atoms with Gasteiger partial charge in [-0.3, -0.25) is 4.79 Å². The van der Waals surface area contributed by atoms with E-state index in [0.717, 1.165) is 19.3 Å². The Morgan fingerprint density at radius 3 is 2.10 bits per heavy atom. The zero-order valence-electron chi connectivity index (χ0n) is 11.6. The monoisotopic (exact) mass is 275 g/mol. The van der Waals surface area contributed by atoms with Crippen LogP contribution in [0.4, 0.5) is 0 Å². The SMILES string of the molecule is C#CCC(NC(=O)C12CC3CC(CC(C3)C1)C2)C(=O)O. The Morgan fingerprint density at radius 2 is 1.70 bits per heavy atom. The molecule has 0 aliphatic heterocycles. The molecule has 20 heavy (non-hydrogen) atoms. The lowest BCUT2D eigenvalue weighted by atomic mass is 9.49. The lowest BCUT2D eigenvalue weighted by molar-refractivity contribution is -0.151. The molecule has 0 saturated heterocycles. The summed E-state index contributed by atoms with van der Waals surface area (Å²) in [4.78, 5) is 23.8. The van der Waals surface area contributed by atoms with Crippen molar-refractivity contribution >= 4 is 11.9 Å². The zero-order valence-corrected chi connectivity index (χ0v) is 11.6.